The van der Waals surface area contributed by atoms with E-state index in [0.29, 0.717) is 16.9 Å². The van der Waals surface area contributed by atoms with Crippen LogP contribution in [0, 0.1) is 11.6 Å². The molecule has 0 saturated heterocycles. The fraction of sp³-hybridized carbons (Fsp3) is 0.625. The summed E-state index contributed by atoms with van der Waals surface area (Å²) in [5.41, 5.74) is 0.199. The standard InChI is InChI=1S/C16H24BrF2N/c1-3-6-12(20-11-4-2)7-5-8-13-15(18)10-9-14(17)16(13)19/h9-10,12,20H,3-8,11H2,1-2H3. The third-order valence-electron chi connectivity index (χ3n) is 3.44. The highest BCUT2D eigenvalue weighted by Crippen LogP contribution is 2.23. The summed E-state index contributed by atoms with van der Waals surface area (Å²) >= 11 is 3.11. The number of benzene rings is 1. The Bertz CT molecular complexity index is 410. The molecule has 1 N–H and O–H groups in total. The van der Waals surface area contributed by atoms with E-state index in [4.69, 9.17) is 0 Å². The van der Waals surface area contributed by atoms with Gasteiger partial charge in [-0.15, -0.1) is 0 Å². The molecule has 20 heavy (non-hydrogen) atoms. The Kier molecular flexibility index (Phi) is 8.31. The highest BCUT2D eigenvalue weighted by molar-refractivity contribution is 9.10. The Hall–Kier alpha value is -0.480. The molecule has 1 aromatic rings. The molecule has 0 fully saturated rings. The molecule has 0 aromatic heterocycles. The van der Waals surface area contributed by atoms with Crippen LogP contribution in [-0.4, -0.2) is 12.6 Å². The molecule has 4 heteroatoms. The van der Waals surface area contributed by atoms with Crippen molar-refractivity contribution in [3.8, 4) is 0 Å². The van der Waals surface area contributed by atoms with Gasteiger partial charge in [-0.1, -0.05) is 20.3 Å². The van der Waals surface area contributed by atoms with Gasteiger partial charge in [0.15, 0.2) is 0 Å². The first-order chi connectivity index (χ1) is 9.60. The smallest absolute Gasteiger partial charge is 0.143 e. The van der Waals surface area contributed by atoms with Gasteiger partial charge in [-0.05, 0) is 66.7 Å². The molecule has 1 aromatic carbocycles. The molecular formula is C16H24BrF2N. The van der Waals surface area contributed by atoms with Crippen LogP contribution >= 0.6 is 15.9 Å². The number of rotatable bonds is 9. The Labute approximate surface area is 129 Å². The van der Waals surface area contributed by atoms with E-state index in [9.17, 15) is 8.78 Å². The van der Waals surface area contributed by atoms with Crippen LogP contribution in [0.25, 0.3) is 0 Å². The molecule has 0 radical (unpaired) electrons. The minimum atomic E-state index is -0.460. The maximum atomic E-state index is 13.8. The molecule has 114 valence electrons. The Morgan fingerprint density at radius 1 is 1.15 bits per heavy atom. The number of hydrogen-bond acceptors (Lipinski definition) is 1. The zero-order valence-electron chi connectivity index (χ0n) is 12.3. The van der Waals surface area contributed by atoms with Gasteiger partial charge in [0.1, 0.15) is 11.6 Å². The molecule has 0 aliphatic carbocycles. The Morgan fingerprint density at radius 3 is 2.55 bits per heavy atom. The summed E-state index contributed by atoms with van der Waals surface area (Å²) in [5, 5.41) is 3.50. The Morgan fingerprint density at radius 2 is 1.90 bits per heavy atom. The van der Waals surface area contributed by atoms with Crippen LogP contribution in [0.3, 0.4) is 0 Å². The third kappa shape index (κ3) is 5.49. The molecule has 1 atom stereocenters. The van der Waals surface area contributed by atoms with Crippen LogP contribution in [0.4, 0.5) is 8.78 Å². The summed E-state index contributed by atoms with van der Waals surface area (Å²) in [5.74, 6) is -0.905. The zero-order valence-corrected chi connectivity index (χ0v) is 13.9. The van der Waals surface area contributed by atoms with Crippen LogP contribution in [-0.2, 0) is 6.42 Å². The minimum Gasteiger partial charge on any atom is -0.314 e. The van der Waals surface area contributed by atoms with E-state index in [1.54, 1.807) is 0 Å². The van der Waals surface area contributed by atoms with Crippen LogP contribution in [0.1, 0.15) is 51.5 Å². The summed E-state index contributed by atoms with van der Waals surface area (Å²) in [6.07, 6.45) is 5.55. The molecule has 1 rings (SSSR count). The molecule has 0 aliphatic rings. The SMILES string of the molecule is CCCNC(CCC)CCCc1c(F)ccc(Br)c1F. The number of halogens is 3. The van der Waals surface area contributed by atoms with E-state index < -0.39 is 11.6 Å². The number of nitrogens with one attached hydrogen (secondary N) is 1. The predicted molar refractivity (Wildman–Crippen MR) is 84.0 cm³/mol. The average molecular weight is 348 g/mol. The summed E-state index contributed by atoms with van der Waals surface area (Å²) in [6, 6.07) is 3.19. The van der Waals surface area contributed by atoms with Gasteiger partial charge in [-0.25, -0.2) is 8.78 Å². The average Bonchev–Trinajstić information content (AvgIpc) is 2.44. The predicted octanol–water partition coefficient (Wildman–Crippen LogP) is 5.22. The van der Waals surface area contributed by atoms with Gasteiger partial charge in [0.2, 0.25) is 0 Å². The van der Waals surface area contributed by atoms with E-state index in [0.717, 1.165) is 38.6 Å². The summed E-state index contributed by atoms with van der Waals surface area (Å²) in [6.45, 7) is 5.31. The molecule has 1 nitrogen and oxygen atoms in total. The van der Waals surface area contributed by atoms with Crippen LogP contribution in [0.2, 0.25) is 0 Å². The maximum absolute atomic E-state index is 13.8. The highest BCUT2D eigenvalue weighted by atomic mass is 79.9. The van der Waals surface area contributed by atoms with Crippen molar-refractivity contribution in [2.45, 2.75) is 58.4 Å². The van der Waals surface area contributed by atoms with Gasteiger partial charge in [0, 0.05) is 11.6 Å². The molecule has 0 amide bonds. The van der Waals surface area contributed by atoms with Crippen molar-refractivity contribution in [2.75, 3.05) is 6.54 Å². The fourth-order valence-electron chi connectivity index (χ4n) is 2.37. The molecule has 0 spiro atoms. The van der Waals surface area contributed by atoms with Gasteiger partial charge in [-0.3, -0.25) is 0 Å². The van der Waals surface area contributed by atoms with E-state index in [-0.39, 0.29) is 5.56 Å². The summed E-state index contributed by atoms with van der Waals surface area (Å²) < 4.78 is 27.8. The molecule has 0 bridgehead atoms. The van der Waals surface area contributed by atoms with Crippen molar-refractivity contribution < 1.29 is 8.78 Å². The second-order valence-corrected chi connectivity index (χ2v) is 6.01. The van der Waals surface area contributed by atoms with Crippen molar-refractivity contribution >= 4 is 15.9 Å². The second-order valence-electron chi connectivity index (χ2n) is 5.15. The van der Waals surface area contributed by atoms with Gasteiger partial charge in [0.05, 0.1) is 4.47 Å². The first-order valence-corrected chi connectivity index (χ1v) is 8.25. The fourth-order valence-corrected chi connectivity index (χ4v) is 2.74. The minimum absolute atomic E-state index is 0.199. The summed E-state index contributed by atoms with van der Waals surface area (Å²) in [4.78, 5) is 0. The third-order valence-corrected chi connectivity index (χ3v) is 4.05. The van der Waals surface area contributed by atoms with E-state index in [1.165, 1.54) is 12.1 Å². The van der Waals surface area contributed by atoms with Crippen molar-refractivity contribution in [1.29, 1.82) is 0 Å². The van der Waals surface area contributed by atoms with Crippen molar-refractivity contribution in [1.82, 2.24) is 5.32 Å². The largest absolute Gasteiger partial charge is 0.314 e. The van der Waals surface area contributed by atoms with Gasteiger partial charge in [-0.2, -0.15) is 0 Å². The van der Waals surface area contributed by atoms with Crippen LogP contribution < -0.4 is 5.32 Å². The van der Waals surface area contributed by atoms with Crippen molar-refractivity contribution in [3.63, 3.8) is 0 Å². The number of hydrogen-bond donors (Lipinski definition) is 1. The highest BCUT2D eigenvalue weighted by Gasteiger charge is 2.13. The second kappa shape index (κ2) is 9.46. The topological polar surface area (TPSA) is 12.0 Å². The first-order valence-electron chi connectivity index (χ1n) is 7.45. The lowest BCUT2D eigenvalue weighted by Crippen LogP contribution is -2.29. The normalized spacial score (nSPS) is 12.7. The molecular weight excluding hydrogens is 324 g/mol. The molecule has 0 saturated carbocycles. The molecule has 0 heterocycles. The quantitative estimate of drug-likeness (QED) is 0.604. The Balaban J connectivity index is 2.52. The first kappa shape index (κ1) is 17.6. The van der Waals surface area contributed by atoms with Crippen LogP contribution in [0.15, 0.2) is 16.6 Å². The van der Waals surface area contributed by atoms with Gasteiger partial charge in [0.25, 0.3) is 0 Å². The lowest BCUT2D eigenvalue weighted by atomic mass is 10.0. The molecule has 0 aliphatic heterocycles. The van der Waals surface area contributed by atoms with E-state index in [2.05, 4.69) is 35.1 Å². The van der Waals surface area contributed by atoms with Crippen LogP contribution in [0.5, 0.6) is 0 Å². The van der Waals surface area contributed by atoms with Gasteiger partial charge >= 0.3 is 0 Å². The maximum Gasteiger partial charge on any atom is 0.143 e. The monoisotopic (exact) mass is 347 g/mol. The lowest BCUT2D eigenvalue weighted by Gasteiger charge is -2.17. The zero-order chi connectivity index (χ0) is 15.0. The molecule has 1 unspecified atom stereocenters. The lowest BCUT2D eigenvalue weighted by molar-refractivity contribution is 0.433. The summed E-state index contributed by atoms with van der Waals surface area (Å²) in [7, 11) is 0. The van der Waals surface area contributed by atoms with E-state index >= 15 is 0 Å². The van der Waals surface area contributed by atoms with Crippen molar-refractivity contribution in [2.24, 2.45) is 0 Å². The van der Waals surface area contributed by atoms with E-state index in [1.807, 2.05) is 0 Å². The van der Waals surface area contributed by atoms with Gasteiger partial charge < -0.3 is 5.32 Å². The van der Waals surface area contributed by atoms with Crippen molar-refractivity contribution in [3.05, 3.63) is 33.8 Å².